The van der Waals surface area contributed by atoms with Gasteiger partial charge in [0.1, 0.15) is 5.65 Å². The Labute approximate surface area is 160 Å². The van der Waals surface area contributed by atoms with Gasteiger partial charge in [0.15, 0.2) is 0 Å². The number of nitrogens with zero attached hydrogens (tertiary/aromatic N) is 2. The predicted octanol–water partition coefficient (Wildman–Crippen LogP) is 1.88. The number of rotatable bonds is 5. The Balaban J connectivity index is 2.16. The summed E-state index contributed by atoms with van der Waals surface area (Å²) in [5.74, 6) is -2.33. The number of esters is 2. The second-order valence-electron chi connectivity index (χ2n) is 6.03. The number of carbonyl (C=O) groups is 2. The highest BCUT2D eigenvalue weighted by atomic mass is 16.5. The van der Waals surface area contributed by atoms with E-state index >= 15 is 0 Å². The summed E-state index contributed by atoms with van der Waals surface area (Å²) in [5, 5.41) is 10.4. The SMILES string of the molecule is COC(=O)CC(c1ccc(C(=O)OC)cc1)c1c(O)nc2ccccn2c1=O. The van der Waals surface area contributed by atoms with Crippen molar-refractivity contribution in [3.8, 4) is 5.88 Å². The van der Waals surface area contributed by atoms with Crippen molar-refractivity contribution in [1.29, 1.82) is 0 Å². The molecule has 8 heteroatoms. The van der Waals surface area contributed by atoms with Crippen LogP contribution in [0, 0.1) is 0 Å². The van der Waals surface area contributed by atoms with Gasteiger partial charge in [-0.2, -0.15) is 4.98 Å². The molecule has 0 spiro atoms. The van der Waals surface area contributed by atoms with Gasteiger partial charge in [-0.1, -0.05) is 18.2 Å². The zero-order valence-electron chi connectivity index (χ0n) is 15.3. The molecule has 1 atom stereocenters. The first-order valence-corrected chi connectivity index (χ1v) is 8.41. The van der Waals surface area contributed by atoms with E-state index in [0.717, 1.165) is 0 Å². The molecule has 1 aromatic carbocycles. The van der Waals surface area contributed by atoms with Gasteiger partial charge in [-0.3, -0.25) is 14.0 Å². The number of hydrogen-bond acceptors (Lipinski definition) is 7. The summed E-state index contributed by atoms with van der Waals surface area (Å²) in [6, 6.07) is 11.2. The smallest absolute Gasteiger partial charge is 0.337 e. The third kappa shape index (κ3) is 3.57. The molecular weight excluding hydrogens is 364 g/mol. The van der Waals surface area contributed by atoms with Crippen LogP contribution < -0.4 is 5.56 Å². The predicted molar refractivity (Wildman–Crippen MR) is 99.4 cm³/mol. The van der Waals surface area contributed by atoms with Gasteiger partial charge in [-0.25, -0.2) is 4.79 Å². The maximum atomic E-state index is 13.0. The van der Waals surface area contributed by atoms with E-state index in [1.807, 2.05) is 0 Å². The zero-order valence-corrected chi connectivity index (χ0v) is 15.3. The molecular formula is C20H18N2O6. The van der Waals surface area contributed by atoms with Gasteiger partial charge in [0.2, 0.25) is 5.88 Å². The van der Waals surface area contributed by atoms with E-state index in [-0.39, 0.29) is 17.6 Å². The van der Waals surface area contributed by atoms with Gasteiger partial charge in [0, 0.05) is 12.1 Å². The normalized spacial score (nSPS) is 11.8. The molecule has 0 bridgehead atoms. The third-order valence-corrected chi connectivity index (χ3v) is 4.43. The molecule has 1 unspecified atom stereocenters. The monoisotopic (exact) mass is 382 g/mol. The molecule has 0 aliphatic rings. The van der Waals surface area contributed by atoms with Crippen LogP contribution >= 0.6 is 0 Å². The van der Waals surface area contributed by atoms with Crippen LogP contribution in [0.2, 0.25) is 0 Å². The molecule has 0 saturated carbocycles. The first kappa shape index (κ1) is 19.1. The number of methoxy groups -OCH3 is 2. The van der Waals surface area contributed by atoms with Crippen molar-refractivity contribution < 1.29 is 24.2 Å². The van der Waals surface area contributed by atoms with Gasteiger partial charge in [-0.15, -0.1) is 0 Å². The van der Waals surface area contributed by atoms with Crippen LogP contribution in [0.5, 0.6) is 5.88 Å². The molecule has 28 heavy (non-hydrogen) atoms. The molecule has 0 fully saturated rings. The summed E-state index contributed by atoms with van der Waals surface area (Å²) >= 11 is 0. The fourth-order valence-corrected chi connectivity index (χ4v) is 3.00. The van der Waals surface area contributed by atoms with Crippen LogP contribution in [-0.2, 0) is 14.3 Å². The second kappa shape index (κ2) is 7.91. The Hall–Kier alpha value is -3.68. The number of hydrogen-bond donors (Lipinski definition) is 1. The van der Waals surface area contributed by atoms with E-state index in [2.05, 4.69) is 9.72 Å². The largest absolute Gasteiger partial charge is 0.493 e. The molecule has 2 heterocycles. The number of fused-ring (bicyclic) bond motifs is 1. The molecule has 0 radical (unpaired) electrons. The van der Waals surface area contributed by atoms with Crippen molar-refractivity contribution in [3.05, 3.63) is 75.7 Å². The lowest BCUT2D eigenvalue weighted by atomic mass is 9.89. The van der Waals surface area contributed by atoms with E-state index < -0.39 is 29.3 Å². The van der Waals surface area contributed by atoms with Gasteiger partial charge in [0.25, 0.3) is 5.56 Å². The summed E-state index contributed by atoms with van der Waals surface area (Å²) < 4.78 is 10.7. The molecule has 0 amide bonds. The van der Waals surface area contributed by atoms with E-state index in [1.54, 1.807) is 30.3 Å². The summed E-state index contributed by atoms with van der Waals surface area (Å²) in [7, 11) is 2.52. The van der Waals surface area contributed by atoms with Crippen LogP contribution in [0.3, 0.4) is 0 Å². The van der Waals surface area contributed by atoms with Crippen molar-refractivity contribution in [2.45, 2.75) is 12.3 Å². The van der Waals surface area contributed by atoms with Crippen molar-refractivity contribution in [2.75, 3.05) is 14.2 Å². The minimum absolute atomic E-state index is 0.0279. The third-order valence-electron chi connectivity index (χ3n) is 4.43. The van der Waals surface area contributed by atoms with Crippen LogP contribution in [0.25, 0.3) is 5.65 Å². The fourth-order valence-electron chi connectivity index (χ4n) is 3.00. The first-order chi connectivity index (χ1) is 13.5. The van der Waals surface area contributed by atoms with Crippen LogP contribution in [-0.4, -0.2) is 40.6 Å². The standard InChI is InChI=1S/C20H18N2O6/c1-27-16(23)11-14(12-6-8-13(9-7-12)20(26)28-2)17-18(24)21-15-5-3-4-10-22(15)19(17)25/h3-10,14,24H,11H2,1-2H3. The average molecular weight is 382 g/mol. The summed E-state index contributed by atoms with van der Waals surface area (Å²) in [4.78, 5) is 40.7. The molecule has 3 aromatic rings. The maximum absolute atomic E-state index is 13.0. The fraction of sp³-hybridized carbons (Fsp3) is 0.200. The highest BCUT2D eigenvalue weighted by molar-refractivity contribution is 5.89. The van der Waals surface area contributed by atoms with Gasteiger partial charge < -0.3 is 14.6 Å². The molecule has 0 aliphatic carbocycles. The lowest BCUT2D eigenvalue weighted by molar-refractivity contribution is -0.140. The van der Waals surface area contributed by atoms with Crippen molar-refractivity contribution in [1.82, 2.24) is 9.38 Å². The van der Waals surface area contributed by atoms with E-state index in [0.29, 0.717) is 11.1 Å². The van der Waals surface area contributed by atoms with E-state index in [9.17, 15) is 19.5 Å². The summed E-state index contributed by atoms with van der Waals surface area (Å²) in [5.41, 5.74) is 0.629. The number of ether oxygens (including phenoxy) is 2. The van der Waals surface area contributed by atoms with Crippen molar-refractivity contribution in [3.63, 3.8) is 0 Å². The lowest BCUT2D eigenvalue weighted by Crippen LogP contribution is -2.24. The molecule has 0 saturated heterocycles. The Morgan fingerprint density at radius 3 is 2.46 bits per heavy atom. The Morgan fingerprint density at radius 2 is 1.82 bits per heavy atom. The van der Waals surface area contributed by atoms with Crippen LogP contribution in [0.4, 0.5) is 0 Å². The number of benzene rings is 1. The van der Waals surface area contributed by atoms with Crippen molar-refractivity contribution >= 4 is 17.6 Å². The molecule has 3 rings (SSSR count). The minimum atomic E-state index is -0.809. The topological polar surface area (TPSA) is 107 Å². The quantitative estimate of drug-likeness (QED) is 0.671. The number of carbonyl (C=O) groups excluding carboxylic acids is 2. The minimum Gasteiger partial charge on any atom is -0.493 e. The van der Waals surface area contributed by atoms with Gasteiger partial charge in [0.05, 0.1) is 31.8 Å². The average Bonchev–Trinajstić information content (AvgIpc) is 2.72. The summed E-state index contributed by atoms with van der Waals surface area (Å²) in [6.45, 7) is 0. The molecule has 144 valence electrons. The number of pyridine rings is 1. The molecule has 2 aromatic heterocycles. The first-order valence-electron chi connectivity index (χ1n) is 8.41. The maximum Gasteiger partial charge on any atom is 0.337 e. The molecule has 1 N–H and O–H groups in total. The van der Waals surface area contributed by atoms with Gasteiger partial charge >= 0.3 is 11.9 Å². The Bertz CT molecular complexity index is 1090. The number of aromatic nitrogens is 2. The highest BCUT2D eigenvalue weighted by Crippen LogP contribution is 2.31. The molecule has 8 nitrogen and oxygen atoms in total. The Morgan fingerprint density at radius 1 is 1.11 bits per heavy atom. The summed E-state index contributed by atoms with van der Waals surface area (Å²) in [6.07, 6.45) is 1.35. The van der Waals surface area contributed by atoms with Crippen LogP contribution in [0.1, 0.15) is 33.8 Å². The molecule has 0 aliphatic heterocycles. The number of aromatic hydroxyl groups is 1. The van der Waals surface area contributed by atoms with E-state index in [4.69, 9.17) is 4.74 Å². The zero-order chi connectivity index (χ0) is 20.3. The van der Waals surface area contributed by atoms with Gasteiger partial charge in [-0.05, 0) is 29.8 Å². The van der Waals surface area contributed by atoms with Crippen molar-refractivity contribution in [2.24, 2.45) is 0 Å². The lowest BCUT2D eigenvalue weighted by Gasteiger charge is -2.18. The second-order valence-corrected chi connectivity index (χ2v) is 6.03. The Kier molecular flexibility index (Phi) is 5.39. The highest BCUT2D eigenvalue weighted by Gasteiger charge is 2.27. The van der Waals surface area contributed by atoms with E-state index in [1.165, 1.54) is 36.9 Å². The van der Waals surface area contributed by atoms with Crippen LogP contribution in [0.15, 0.2) is 53.5 Å².